The molecule has 1 aliphatic heterocycles. The summed E-state index contributed by atoms with van der Waals surface area (Å²) >= 11 is 0. The second kappa shape index (κ2) is 4.31. The quantitative estimate of drug-likeness (QED) is 0.698. The van der Waals surface area contributed by atoms with Crippen molar-refractivity contribution in [3.8, 4) is 0 Å². The predicted molar refractivity (Wildman–Crippen MR) is 72.8 cm³/mol. The highest BCUT2D eigenvalue weighted by atomic mass is 16.1. The number of anilines is 2. The molecule has 1 unspecified atom stereocenters. The molecule has 5 N–H and O–H groups in total. The van der Waals surface area contributed by atoms with Crippen molar-refractivity contribution >= 4 is 17.4 Å². The Bertz CT molecular complexity index is 616. The largest absolute Gasteiger partial charge is 0.399 e. The van der Waals surface area contributed by atoms with Crippen molar-refractivity contribution in [1.82, 2.24) is 9.78 Å². The lowest BCUT2D eigenvalue weighted by molar-refractivity contribution is 0.0994. The molecule has 1 aromatic carbocycles. The number of fused-ring (bicyclic) bond motifs is 1. The normalized spacial score (nSPS) is 17.6. The molecule has 0 saturated heterocycles. The Balaban J connectivity index is 2.02. The van der Waals surface area contributed by atoms with Crippen LogP contribution in [-0.2, 0) is 0 Å². The summed E-state index contributed by atoms with van der Waals surface area (Å²) in [4.78, 5) is 11.2. The van der Waals surface area contributed by atoms with Gasteiger partial charge in [0.05, 0.1) is 6.04 Å². The third-order valence-electron chi connectivity index (χ3n) is 3.33. The Morgan fingerprint density at radius 2 is 2.11 bits per heavy atom. The third kappa shape index (κ3) is 2.01. The molecule has 0 radical (unpaired) electrons. The number of nitrogen functional groups attached to an aromatic ring is 1. The highest BCUT2D eigenvalue weighted by molar-refractivity contribution is 5.91. The van der Waals surface area contributed by atoms with Gasteiger partial charge in [-0.1, -0.05) is 12.1 Å². The fraction of sp³-hybridized carbons (Fsp3) is 0.231. The van der Waals surface area contributed by atoms with Gasteiger partial charge in [-0.25, -0.2) is 4.68 Å². The first kappa shape index (κ1) is 11.6. The van der Waals surface area contributed by atoms with Gasteiger partial charge in [0.1, 0.15) is 5.82 Å². The number of hydrogen-bond acceptors (Lipinski definition) is 4. The van der Waals surface area contributed by atoms with Crippen LogP contribution < -0.4 is 16.8 Å². The van der Waals surface area contributed by atoms with E-state index in [-0.39, 0.29) is 11.7 Å². The molecule has 1 aromatic heterocycles. The molecule has 0 aliphatic carbocycles. The van der Waals surface area contributed by atoms with E-state index in [4.69, 9.17) is 11.5 Å². The Morgan fingerprint density at radius 3 is 2.79 bits per heavy atom. The maximum Gasteiger partial charge on any atom is 0.269 e. The highest BCUT2D eigenvalue weighted by Gasteiger charge is 2.24. The van der Waals surface area contributed by atoms with E-state index in [1.807, 2.05) is 28.9 Å². The number of benzene rings is 1. The Labute approximate surface area is 110 Å². The lowest BCUT2D eigenvalue weighted by Crippen LogP contribution is -2.24. The molecule has 6 heteroatoms. The maximum absolute atomic E-state index is 11.2. The van der Waals surface area contributed by atoms with Gasteiger partial charge >= 0.3 is 0 Å². The fourth-order valence-electron chi connectivity index (χ4n) is 2.37. The molecule has 98 valence electrons. The molecule has 1 atom stereocenters. The number of carbonyl (C=O) groups excluding carboxylic acids is 1. The maximum atomic E-state index is 11.2. The minimum atomic E-state index is -0.514. The van der Waals surface area contributed by atoms with Gasteiger partial charge < -0.3 is 16.8 Å². The molecule has 0 spiro atoms. The Morgan fingerprint density at radius 1 is 1.37 bits per heavy atom. The molecule has 0 fully saturated rings. The van der Waals surface area contributed by atoms with Gasteiger partial charge in [-0.15, -0.1) is 0 Å². The van der Waals surface area contributed by atoms with Gasteiger partial charge in [0.25, 0.3) is 5.91 Å². The van der Waals surface area contributed by atoms with Crippen molar-refractivity contribution in [2.45, 2.75) is 12.5 Å². The smallest absolute Gasteiger partial charge is 0.269 e. The van der Waals surface area contributed by atoms with Crippen LogP contribution in [0.25, 0.3) is 0 Å². The second-order valence-corrected chi connectivity index (χ2v) is 4.62. The lowest BCUT2D eigenvalue weighted by Gasteiger charge is -2.26. The second-order valence-electron chi connectivity index (χ2n) is 4.62. The highest BCUT2D eigenvalue weighted by Crippen LogP contribution is 2.30. The van der Waals surface area contributed by atoms with Crippen LogP contribution in [0.4, 0.5) is 11.5 Å². The van der Waals surface area contributed by atoms with Crippen molar-refractivity contribution in [2.75, 3.05) is 17.6 Å². The van der Waals surface area contributed by atoms with Gasteiger partial charge in [0.2, 0.25) is 0 Å². The number of primary amides is 1. The van der Waals surface area contributed by atoms with Gasteiger partial charge in [-0.3, -0.25) is 4.79 Å². The number of amides is 1. The molecule has 1 amide bonds. The van der Waals surface area contributed by atoms with Crippen molar-refractivity contribution in [3.63, 3.8) is 0 Å². The number of aromatic nitrogens is 2. The monoisotopic (exact) mass is 257 g/mol. The summed E-state index contributed by atoms with van der Waals surface area (Å²) in [6.07, 6.45) is 0.900. The summed E-state index contributed by atoms with van der Waals surface area (Å²) < 4.78 is 1.81. The molecule has 19 heavy (non-hydrogen) atoms. The topological polar surface area (TPSA) is 99.0 Å². The van der Waals surface area contributed by atoms with Crippen molar-refractivity contribution in [2.24, 2.45) is 5.73 Å². The van der Waals surface area contributed by atoms with Crippen LogP contribution in [-0.4, -0.2) is 22.2 Å². The van der Waals surface area contributed by atoms with Gasteiger partial charge in [-0.2, -0.15) is 5.10 Å². The first-order valence-electron chi connectivity index (χ1n) is 6.14. The van der Waals surface area contributed by atoms with E-state index < -0.39 is 5.91 Å². The van der Waals surface area contributed by atoms with E-state index in [9.17, 15) is 4.79 Å². The Kier molecular flexibility index (Phi) is 2.63. The summed E-state index contributed by atoms with van der Waals surface area (Å²) in [6.45, 7) is 0.832. The average molecular weight is 257 g/mol. The van der Waals surface area contributed by atoms with E-state index >= 15 is 0 Å². The van der Waals surface area contributed by atoms with Crippen LogP contribution in [0.15, 0.2) is 30.3 Å². The fourth-order valence-corrected chi connectivity index (χ4v) is 2.37. The van der Waals surface area contributed by atoms with Crippen LogP contribution in [0.2, 0.25) is 0 Å². The molecule has 2 heterocycles. The van der Waals surface area contributed by atoms with Gasteiger partial charge in [-0.05, 0) is 24.1 Å². The summed E-state index contributed by atoms with van der Waals surface area (Å²) in [5.74, 6) is 0.307. The molecule has 6 nitrogen and oxygen atoms in total. The molecule has 0 bridgehead atoms. The summed E-state index contributed by atoms with van der Waals surface area (Å²) in [6, 6.07) is 9.50. The molecule has 1 aliphatic rings. The standard InChI is InChI=1S/C13H15N5O/c14-9-3-1-8(2-4-9)11-5-6-16-12-7-10(13(15)19)17-18(11)12/h1-4,7,11,16H,5-6,14H2,(H2,15,19). The average Bonchev–Trinajstić information content (AvgIpc) is 2.83. The zero-order chi connectivity index (χ0) is 13.4. The lowest BCUT2D eigenvalue weighted by atomic mass is 10.0. The van der Waals surface area contributed by atoms with Crippen LogP contribution in [0.3, 0.4) is 0 Å². The van der Waals surface area contributed by atoms with Crippen LogP contribution >= 0.6 is 0 Å². The molecular formula is C13H15N5O. The molecular weight excluding hydrogens is 242 g/mol. The number of rotatable bonds is 2. The van der Waals surface area contributed by atoms with E-state index in [1.54, 1.807) is 6.07 Å². The van der Waals surface area contributed by atoms with E-state index in [2.05, 4.69) is 10.4 Å². The summed E-state index contributed by atoms with van der Waals surface area (Å²) in [5, 5.41) is 7.50. The number of nitrogens with two attached hydrogens (primary N) is 2. The minimum absolute atomic E-state index is 0.102. The van der Waals surface area contributed by atoms with E-state index in [0.29, 0.717) is 0 Å². The number of nitrogens with zero attached hydrogens (tertiary/aromatic N) is 2. The first-order chi connectivity index (χ1) is 9.15. The van der Waals surface area contributed by atoms with Crippen molar-refractivity contribution in [3.05, 3.63) is 41.6 Å². The van der Waals surface area contributed by atoms with E-state index in [1.165, 1.54) is 0 Å². The van der Waals surface area contributed by atoms with Crippen LogP contribution in [0, 0.1) is 0 Å². The predicted octanol–water partition coefficient (Wildman–Crippen LogP) is 0.969. The zero-order valence-corrected chi connectivity index (χ0v) is 10.3. The summed E-state index contributed by atoms with van der Waals surface area (Å²) in [5.41, 5.74) is 13.1. The van der Waals surface area contributed by atoms with Crippen LogP contribution in [0.5, 0.6) is 0 Å². The third-order valence-corrected chi connectivity index (χ3v) is 3.33. The minimum Gasteiger partial charge on any atom is -0.399 e. The molecule has 0 saturated carbocycles. The van der Waals surface area contributed by atoms with Crippen LogP contribution in [0.1, 0.15) is 28.5 Å². The molecule has 3 rings (SSSR count). The SMILES string of the molecule is NC(=O)c1cc2n(n1)C(c1ccc(N)cc1)CCN2. The van der Waals surface area contributed by atoms with Gasteiger partial charge in [0.15, 0.2) is 5.69 Å². The molecule has 2 aromatic rings. The van der Waals surface area contributed by atoms with Crippen molar-refractivity contribution < 1.29 is 4.79 Å². The first-order valence-corrected chi connectivity index (χ1v) is 6.14. The van der Waals surface area contributed by atoms with Gasteiger partial charge in [0, 0.05) is 18.3 Å². The summed E-state index contributed by atoms with van der Waals surface area (Å²) in [7, 11) is 0. The van der Waals surface area contributed by atoms with Crippen molar-refractivity contribution in [1.29, 1.82) is 0 Å². The Hall–Kier alpha value is -2.50. The van der Waals surface area contributed by atoms with E-state index in [0.717, 1.165) is 30.0 Å². The zero-order valence-electron chi connectivity index (χ0n) is 10.3. The number of carbonyl (C=O) groups is 1. The number of nitrogens with one attached hydrogen (secondary N) is 1. The number of hydrogen-bond donors (Lipinski definition) is 3.